The molecular weight excluding hydrogens is 313 g/mol. The van der Waals surface area contributed by atoms with Crippen LogP contribution in [-0.4, -0.2) is 34.8 Å². The molecule has 1 aliphatic rings. The second-order valence-corrected chi connectivity index (χ2v) is 7.29. The van der Waals surface area contributed by atoms with Crippen LogP contribution in [-0.2, 0) is 10.3 Å². The van der Waals surface area contributed by atoms with Crippen molar-refractivity contribution in [2.75, 3.05) is 13.1 Å². The van der Waals surface area contributed by atoms with Gasteiger partial charge in [0.2, 0.25) is 0 Å². The van der Waals surface area contributed by atoms with Gasteiger partial charge in [0.15, 0.2) is 0 Å². The lowest BCUT2D eigenvalue weighted by molar-refractivity contribution is -0.0353. The Morgan fingerprint density at radius 3 is 2.62 bits per heavy atom. The van der Waals surface area contributed by atoms with Crippen LogP contribution in [0.15, 0.2) is 28.9 Å². The van der Waals surface area contributed by atoms with Crippen LogP contribution in [0.2, 0.25) is 0 Å². The second-order valence-electron chi connectivity index (χ2n) is 7.29. The number of nitrogens with zero attached hydrogens (tertiary/aromatic N) is 1. The number of aliphatic hydroxyl groups is 1. The summed E-state index contributed by atoms with van der Waals surface area (Å²) in [6.45, 7) is 6.11. The Hall–Kier alpha value is -2.08. The minimum Gasteiger partial charge on any atom is -0.464 e. The monoisotopic (exact) mass is 335 g/mol. The fraction of sp³-hybridized carbons (Fsp3) is 0.500. The number of fused-ring (bicyclic) bond motifs is 1. The smallest absolute Gasteiger partial charge is 0.410 e. The van der Waals surface area contributed by atoms with E-state index in [2.05, 4.69) is 0 Å². The van der Waals surface area contributed by atoms with Gasteiger partial charge in [0.1, 0.15) is 17.0 Å². The molecule has 6 heteroatoms. The Morgan fingerprint density at radius 1 is 1.33 bits per heavy atom. The van der Waals surface area contributed by atoms with Gasteiger partial charge in [0.05, 0.1) is 11.9 Å². The van der Waals surface area contributed by atoms with E-state index in [1.165, 1.54) is 18.4 Å². The van der Waals surface area contributed by atoms with Gasteiger partial charge in [-0.3, -0.25) is 0 Å². The number of rotatable bonds is 1. The molecule has 5 nitrogen and oxygen atoms in total. The molecule has 0 atom stereocenters. The minimum atomic E-state index is -1.23. The van der Waals surface area contributed by atoms with E-state index in [-0.39, 0.29) is 0 Å². The number of ether oxygens (including phenoxy) is 1. The minimum absolute atomic E-state index is 0.297. The highest BCUT2D eigenvalue weighted by atomic mass is 19.1. The maximum atomic E-state index is 13.9. The third kappa shape index (κ3) is 3.24. The number of furan rings is 1. The predicted octanol–water partition coefficient (Wildman–Crippen LogP) is 3.79. The molecule has 1 fully saturated rings. The van der Waals surface area contributed by atoms with E-state index < -0.39 is 23.1 Å². The normalized spacial score (nSPS) is 18.0. The van der Waals surface area contributed by atoms with Gasteiger partial charge in [-0.2, -0.15) is 0 Å². The van der Waals surface area contributed by atoms with Crippen LogP contribution in [0.1, 0.15) is 39.2 Å². The third-order valence-corrected chi connectivity index (χ3v) is 4.26. The van der Waals surface area contributed by atoms with Gasteiger partial charge in [0, 0.05) is 24.0 Å². The van der Waals surface area contributed by atoms with E-state index in [4.69, 9.17) is 9.15 Å². The van der Waals surface area contributed by atoms with E-state index >= 15 is 0 Å². The lowest BCUT2D eigenvalue weighted by Gasteiger charge is -2.38. The maximum Gasteiger partial charge on any atom is 0.410 e. The number of piperidine rings is 1. The highest BCUT2D eigenvalue weighted by molar-refractivity contribution is 5.81. The summed E-state index contributed by atoms with van der Waals surface area (Å²) in [5.74, 6) is -0.415. The van der Waals surface area contributed by atoms with Crippen molar-refractivity contribution in [3.63, 3.8) is 0 Å². The molecule has 1 aromatic carbocycles. The number of hydrogen-bond donors (Lipinski definition) is 1. The number of benzene rings is 1. The van der Waals surface area contributed by atoms with E-state index in [1.54, 1.807) is 11.0 Å². The fourth-order valence-electron chi connectivity index (χ4n) is 3.05. The Kier molecular flexibility index (Phi) is 4.03. The van der Waals surface area contributed by atoms with E-state index in [9.17, 15) is 14.3 Å². The van der Waals surface area contributed by atoms with Gasteiger partial charge in [0.25, 0.3) is 0 Å². The molecule has 1 aromatic heterocycles. The molecule has 2 aromatic rings. The lowest BCUT2D eigenvalue weighted by Crippen LogP contribution is -2.46. The summed E-state index contributed by atoms with van der Waals surface area (Å²) in [5.41, 5.74) is -0.860. The average Bonchev–Trinajstić information content (AvgIpc) is 2.93. The third-order valence-electron chi connectivity index (χ3n) is 4.26. The van der Waals surface area contributed by atoms with Crippen molar-refractivity contribution in [1.82, 2.24) is 4.90 Å². The number of likely N-dealkylation sites (tertiary alicyclic amines) is 1. The summed E-state index contributed by atoms with van der Waals surface area (Å²) >= 11 is 0. The number of carbonyl (C=O) groups is 1. The van der Waals surface area contributed by atoms with Crippen molar-refractivity contribution in [3.05, 3.63) is 35.8 Å². The standard InChI is InChI=1S/C18H22FNO4/c1-17(2,3)24-16(21)20-7-5-18(22,6-8-20)14-11-13(19)10-12-4-9-23-15(12)14/h4,9-11,22H,5-8H2,1-3H3. The first kappa shape index (κ1) is 16.8. The second kappa shape index (κ2) is 5.77. The summed E-state index contributed by atoms with van der Waals surface area (Å²) in [6, 6.07) is 4.36. The van der Waals surface area contributed by atoms with Gasteiger partial charge in [-0.1, -0.05) is 0 Å². The van der Waals surface area contributed by atoms with E-state index in [0.29, 0.717) is 42.5 Å². The zero-order valence-corrected chi connectivity index (χ0v) is 14.1. The Morgan fingerprint density at radius 2 is 2.00 bits per heavy atom. The molecule has 0 saturated carbocycles. The summed E-state index contributed by atoms with van der Waals surface area (Å²) in [6.07, 6.45) is 1.68. The summed E-state index contributed by atoms with van der Waals surface area (Å²) in [4.78, 5) is 13.7. The van der Waals surface area contributed by atoms with Crippen LogP contribution >= 0.6 is 0 Å². The largest absolute Gasteiger partial charge is 0.464 e. The van der Waals surface area contributed by atoms with Crippen LogP contribution in [0, 0.1) is 5.82 Å². The quantitative estimate of drug-likeness (QED) is 0.861. The molecule has 0 bridgehead atoms. The molecule has 0 radical (unpaired) electrons. The molecule has 1 amide bonds. The van der Waals surface area contributed by atoms with Crippen molar-refractivity contribution in [3.8, 4) is 0 Å². The molecule has 1 N–H and O–H groups in total. The first-order valence-electron chi connectivity index (χ1n) is 8.05. The van der Waals surface area contributed by atoms with Gasteiger partial charge in [-0.15, -0.1) is 0 Å². The van der Waals surface area contributed by atoms with E-state index in [0.717, 1.165) is 0 Å². The molecule has 0 aliphatic carbocycles. The molecule has 2 heterocycles. The highest BCUT2D eigenvalue weighted by Gasteiger charge is 2.38. The van der Waals surface area contributed by atoms with Gasteiger partial charge < -0.3 is 19.2 Å². The molecule has 1 aliphatic heterocycles. The Bertz CT molecular complexity index is 754. The fourth-order valence-corrected chi connectivity index (χ4v) is 3.05. The topological polar surface area (TPSA) is 62.9 Å². The van der Waals surface area contributed by atoms with Crippen molar-refractivity contribution in [2.24, 2.45) is 0 Å². The number of hydrogen-bond acceptors (Lipinski definition) is 4. The first-order chi connectivity index (χ1) is 11.2. The molecule has 24 heavy (non-hydrogen) atoms. The van der Waals surface area contributed by atoms with Gasteiger partial charge >= 0.3 is 6.09 Å². The molecule has 0 unspecified atom stereocenters. The van der Waals surface area contributed by atoms with Crippen molar-refractivity contribution >= 4 is 17.1 Å². The van der Waals surface area contributed by atoms with Crippen molar-refractivity contribution in [1.29, 1.82) is 0 Å². The first-order valence-corrected chi connectivity index (χ1v) is 8.05. The molecule has 0 spiro atoms. The SMILES string of the molecule is CC(C)(C)OC(=O)N1CCC(O)(c2cc(F)cc3ccoc23)CC1. The molecule has 1 saturated heterocycles. The van der Waals surface area contributed by atoms with Crippen LogP contribution in [0.3, 0.4) is 0 Å². The Balaban J connectivity index is 1.79. The summed E-state index contributed by atoms with van der Waals surface area (Å²) in [5, 5.41) is 11.6. The summed E-state index contributed by atoms with van der Waals surface area (Å²) < 4.78 is 24.6. The number of amides is 1. The average molecular weight is 335 g/mol. The van der Waals surface area contributed by atoms with Gasteiger partial charge in [-0.25, -0.2) is 9.18 Å². The maximum absolute atomic E-state index is 13.9. The zero-order chi connectivity index (χ0) is 17.5. The lowest BCUT2D eigenvalue weighted by atomic mass is 9.83. The highest BCUT2D eigenvalue weighted by Crippen LogP contribution is 2.38. The summed E-state index contributed by atoms with van der Waals surface area (Å²) in [7, 11) is 0. The van der Waals surface area contributed by atoms with Crippen LogP contribution < -0.4 is 0 Å². The van der Waals surface area contributed by atoms with Crippen molar-refractivity contribution < 1.29 is 23.4 Å². The number of carbonyl (C=O) groups excluding carboxylic acids is 1. The molecule has 130 valence electrons. The molecular formula is C18H22FNO4. The Labute approximate surface area is 140 Å². The van der Waals surface area contributed by atoms with Gasteiger partial charge in [-0.05, 0) is 51.8 Å². The zero-order valence-electron chi connectivity index (χ0n) is 14.1. The van der Waals surface area contributed by atoms with Crippen LogP contribution in [0.4, 0.5) is 9.18 Å². The van der Waals surface area contributed by atoms with Crippen LogP contribution in [0.5, 0.6) is 0 Å². The van der Waals surface area contributed by atoms with Crippen LogP contribution in [0.25, 0.3) is 11.0 Å². The molecule has 3 rings (SSSR count). The van der Waals surface area contributed by atoms with Crippen molar-refractivity contribution in [2.45, 2.75) is 44.8 Å². The van der Waals surface area contributed by atoms with E-state index in [1.807, 2.05) is 20.8 Å². The number of halogens is 1. The predicted molar refractivity (Wildman–Crippen MR) is 87.1 cm³/mol.